The predicted molar refractivity (Wildman–Crippen MR) is 62.1 cm³/mol. The van der Waals surface area contributed by atoms with Crippen molar-refractivity contribution in [3.63, 3.8) is 0 Å². The van der Waals surface area contributed by atoms with Crippen molar-refractivity contribution in [1.82, 2.24) is 5.32 Å². The molecule has 2 rings (SSSR count). The van der Waals surface area contributed by atoms with Crippen LogP contribution in [0.15, 0.2) is 24.3 Å². The third kappa shape index (κ3) is 3.49. The molecule has 0 aromatic heterocycles. The van der Waals surface area contributed by atoms with Crippen molar-refractivity contribution in [3.8, 4) is 5.75 Å². The van der Waals surface area contributed by atoms with E-state index in [2.05, 4.69) is 5.32 Å². The molecule has 0 aliphatic carbocycles. The fourth-order valence-electron chi connectivity index (χ4n) is 2.07. The van der Waals surface area contributed by atoms with Gasteiger partial charge in [0.15, 0.2) is 0 Å². The van der Waals surface area contributed by atoms with Gasteiger partial charge in [0.2, 0.25) is 0 Å². The standard InChI is InChI=1S/C13H18FNO/c14-12-2-1-3-13(10-12)16-9-6-11-4-7-15-8-5-11/h1-3,10-11,15H,4-9H2. The molecule has 0 amide bonds. The van der Waals surface area contributed by atoms with Crippen LogP contribution >= 0.6 is 0 Å². The minimum Gasteiger partial charge on any atom is -0.493 e. The summed E-state index contributed by atoms with van der Waals surface area (Å²) < 4.78 is 18.4. The molecule has 2 nitrogen and oxygen atoms in total. The highest BCUT2D eigenvalue weighted by atomic mass is 19.1. The fourth-order valence-corrected chi connectivity index (χ4v) is 2.07. The van der Waals surface area contributed by atoms with Gasteiger partial charge in [-0.1, -0.05) is 6.07 Å². The van der Waals surface area contributed by atoms with Gasteiger partial charge in [-0.05, 0) is 50.4 Å². The molecule has 0 saturated carbocycles. The van der Waals surface area contributed by atoms with E-state index < -0.39 is 0 Å². The number of hydrogen-bond donors (Lipinski definition) is 1. The number of piperidine rings is 1. The molecule has 1 aliphatic rings. The Morgan fingerprint density at radius 1 is 1.31 bits per heavy atom. The summed E-state index contributed by atoms with van der Waals surface area (Å²) in [5.74, 6) is 1.16. The molecule has 1 saturated heterocycles. The monoisotopic (exact) mass is 223 g/mol. The van der Waals surface area contributed by atoms with Crippen LogP contribution in [0.5, 0.6) is 5.75 Å². The average Bonchev–Trinajstić information content (AvgIpc) is 2.30. The van der Waals surface area contributed by atoms with Gasteiger partial charge in [-0.15, -0.1) is 0 Å². The average molecular weight is 223 g/mol. The van der Waals surface area contributed by atoms with Crippen LogP contribution in [0.3, 0.4) is 0 Å². The molecule has 0 unspecified atom stereocenters. The molecule has 3 heteroatoms. The first-order valence-corrected chi connectivity index (χ1v) is 5.94. The minimum atomic E-state index is -0.237. The number of benzene rings is 1. The van der Waals surface area contributed by atoms with Gasteiger partial charge in [0.1, 0.15) is 11.6 Å². The summed E-state index contributed by atoms with van der Waals surface area (Å²) in [6, 6.07) is 6.34. The number of ether oxygens (including phenoxy) is 1. The molecular formula is C13H18FNO. The van der Waals surface area contributed by atoms with Gasteiger partial charge in [-0.3, -0.25) is 0 Å². The van der Waals surface area contributed by atoms with E-state index in [-0.39, 0.29) is 5.82 Å². The van der Waals surface area contributed by atoms with Gasteiger partial charge >= 0.3 is 0 Å². The molecule has 0 atom stereocenters. The molecule has 1 heterocycles. The molecule has 0 radical (unpaired) electrons. The fraction of sp³-hybridized carbons (Fsp3) is 0.538. The highest BCUT2D eigenvalue weighted by Gasteiger charge is 2.12. The van der Waals surface area contributed by atoms with Gasteiger partial charge in [-0.25, -0.2) is 4.39 Å². The molecule has 1 aliphatic heterocycles. The van der Waals surface area contributed by atoms with Gasteiger partial charge in [0.25, 0.3) is 0 Å². The molecule has 1 N–H and O–H groups in total. The van der Waals surface area contributed by atoms with Gasteiger partial charge < -0.3 is 10.1 Å². The topological polar surface area (TPSA) is 21.3 Å². The van der Waals surface area contributed by atoms with Gasteiger partial charge in [0, 0.05) is 6.07 Å². The zero-order valence-electron chi connectivity index (χ0n) is 9.42. The van der Waals surface area contributed by atoms with E-state index in [9.17, 15) is 4.39 Å². The minimum absolute atomic E-state index is 0.237. The Morgan fingerprint density at radius 2 is 2.12 bits per heavy atom. The van der Waals surface area contributed by atoms with Crippen molar-refractivity contribution in [2.24, 2.45) is 5.92 Å². The van der Waals surface area contributed by atoms with E-state index in [0.717, 1.165) is 25.4 Å². The van der Waals surface area contributed by atoms with E-state index >= 15 is 0 Å². The first kappa shape index (κ1) is 11.4. The van der Waals surface area contributed by atoms with Crippen LogP contribution in [0.4, 0.5) is 4.39 Å². The van der Waals surface area contributed by atoms with Crippen molar-refractivity contribution < 1.29 is 9.13 Å². The number of halogens is 1. The normalized spacial score (nSPS) is 17.3. The Kier molecular flexibility index (Phi) is 4.17. The summed E-state index contributed by atoms with van der Waals surface area (Å²) >= 11 is 0. The third-order valence-corrected chi connectivity index (χ3v) is 3.05. The molecule has 1 aromatic carbocycles. The van der Waals surface area contributed by atoms with E-state index in [0.29, 0.717) is 12.4 Å². The second-order valence-electron chi connectivity index (χ2n) is 4.29. The highest BCUT2D eigenvalue weighted by Crippen LogP contribution is 2.17. The highest BCUT2D eigenvalue weighted by molar-refractivity contribution is 5.22. The Labute approximate surface area is 95.8 Å². The second kappa shape index (κ2) is 5.85. The second-order valence-corrected chi connectivity index (χ2v) is 4.29. The summed E-state index contributed by atoms with van der Waals surface area (Å²) in [5.41, 5.74) is 0. The van der Waals surface area contributed by atoms with Crippen LogP contribution in [-0.2, 0) is 0 Å². The van der Waals surface area contributed by atoms with E-state index in [4.69, 9.17) is 4.74 Å². The zero-order chi connectivity index (χ0) is 11.2. The van der Waals surface area contributed by atoms with Crippen molar-refractivity contribution in [2.75, 3.05) is 19.7 Å². The lowest BCUT2D eigenvalue weighted by Crippen LogP contribution is -2.28. The lowest BCUT2D eigenvalue weighted by Gasteiger charge is -2.22. The van der Waals surface area contributed by atoms with E-state index in [1.54, 1.807) is 12.1 Å². The van der Waals surface area contributed by atoms with E-state index in [1.165, 1.54) is 25.0 Å². The van der Waals surface area contributed by atoms with Gasteiger partial charge in [0.05, 0.1) is 6.61 Å². The third-order valence-electron chi connectivity index (χ3n) is 3.05. The lowest BCUT2D eigenvalue weighted by molar-refractivity contribution is 0.251. The predicted octanol–water partition coefficient (Wildman–Crippen LogP) is 2.59. The largest absolute Gasteiger partial charge is 0.493 e. The molecule has 1 fully saturated rings. The molecule has 0 spiro atoms. The summed E-state index contributed by atoms with van der Waals surface area (Å²) in [5, 5.41) is 3.34. The number of hydrogen-bond acceptors (Lipinski definition) is 2. The zero-order valence-corrected chi connectivity index (χ0v) is 9.42. The molecule has 1 aromatic rings. The van der Waals surface area contributed by atoms with Crippen molar-refractivity contribution in [1.29, 1.82) is 0 Å². The summed E-state index contributed by atoms with van der Waals surface area (Å²) in [6.07, 6.45) is 3.53. The van der Waals surface area contributed by atoms with Crippen molar-refractivity contribution >= 4 is 0 Å². The summed E-state index contributed by atoms with van der Waals surface area (Å²) in [4.78, 5) is 0. The lowest BCUT2D eigenvalue weighted by atomic mass is 9.95. The summed E-state index contributed by atoms with van der Waals surface area (Å²) in [7, 11) is 0. The number of nitrogens with one attached hydrogen (secondary N) is 1. The maximum Gasteiger partial charge on any atom is 0.126 e. The SMILES string of the molecule is Fc1cccc(OCCC2CCNCC2)c1. The van der Waals surface area contributed by atoms with Crippen LogP contribution in [0.25, 0.3) is 0 Å². The van der Waals surface area contributed by atoms with Crippen molar-refractivity contribution in [2.45, 2.75) is 19.3 Å². The maximum absolute atomic E-state index is 12.9. The Bertz CT molecular complexity index is 323. The molecule has 88 valence electrons. The number of rotatable bonds is 4. The molecule has 16 heavy (non-hydrogen) atoms. The van der Waals surface area contributed by atoms with Crippen LogP contribution in [0.1, 0.15) is 19.3 Å². The Hall–Kier alpha value is -1.09. The Morgan fingerprint density at radius 3 is 2.88 bits per heavy atom. The quantitative estimate of drug-likeness (QED) is 0.847. The van der Waals surface area contributed by atoms with Crippen molar-refractivity contribution in [3.05, 3.63) is 30.1 Å². The van der Waals surface area contributed by atoms with Crippen LogP contribution in [0.2, 0.25) is 0 Å². The molecule has 0 bridgehead atoms. The van der Waals surface area contributed by atoms with Crippen LogP contribution < -0.4 is 10.1 Å². The van der Waals surface area contributed by atoms with Gasteiger partial charge in [-0.2, -0.15) is 0 Å². The smallest absolute Gasteiger partial charge is 0.126 e. The Balaban J connectivity index is 1.71. The maximum atomic E-state index is 12.9. The summed E-state index contributed by atoms with van der Waals surface area (Å²) in [6.45, 7) is 2.92. The van der Waals surface area contributed by atoms with Crippen LogP contribution in [0, 0.1) is 11.7 Å². The van der Waals surface area contributed by atoms with Crippen LogP contribution in [-0.4, -0.2) is 19.7 Å². The molecular weight excluding hydrogens is 205 g/mol. The first-order chi connectivity index (χ1) is 7.84. The first-order valence-electron chi connectivity index (χ1n) is 5.94. The van der Waals surface area contributed by atoms with E-state index in [1.807, 2.05) is 0 Å².